The van der Waals surface area contributed by atoms with E-state index in [1.807, 2.05) is 45.9 Å². The van der Waals surface area contributed by atoms with E-state index < -0.39 is 0 Å². The number of ether oxygens (including phenoxy) is 2. The molecule has 2 rings (SSSR count). The van der Waals surface area contributed by atoms with Gasteiger partial charge in [0.05, 0.1) is 24.6 Å². The van der Waals surface area contributed by atoms with Crippen molar-refractivity contribution in [3.05, 3.63) is 35.5 Å². The lowest BCUT2D eigenvalue weighted by atomic mass is 10.2. The summed E-state index contributed by atoms with van der Waals surface area (Å²) in [5.41, 5.74) is 7.51. The van der Waals surface area contributed by atoms with E-state index in [1.165, 1.54) is 0 Å². The molecule has 7 nitrogen and oxygen atoms in total. The van der Waals surface area contributed by atoms with Gasteiger partial charge in [-0.25, -0.2) is 9.98 Å². The molecule has 2 aromatic rings. The van der Waals surface area contributed by atoms with Crippen LogP contribution in [0.2, 0.25) is 0 Å². The molecule has 1 aromatic carbocycles. The summed E-state index contributed by atoms with van der Waals surface area (Å²) in [5.74, 6) is 2.98. The lowest BCUT2D eigenvalue weighted by Crippen LogP contribution is -2.23. The van der Waals surface area contributed by atoms with Crippen LogP contribution >= 0.6 is 0 Å². The molecule has 0 radical (unpaired) electrons. The Labute approximate surface area is 141 Å². The molecule has 7 heteroatoms. The SMILES string of the molecule is CCOc1ccc(OCC)c(NC(N)=NCc2nc(C)c(C)o2)c1. The Morgan fingerprint density at radius 1 is 1.25 bits per heavy atom. The van der Waals surface area contributed by atoms with E-state index in [1.54, 1.807) is 0 Å². The molecule has 1 heterocycles. The van der Waals surface area contributed by atoms with E-state index in [-0.39, 0.29) is 12.5 Å². The minimum Gasteiger partial charge on any atom is -0.494 e. The highest BCUT2D eigenvalue weighted by Crippen LogP contribution is 2.29. The third-order valence-corrected chi connectivity index (χ3v) is 3.28. The molecule has 3 N–H and O–H groups in total. The average molecular weight is 332 g/mol. The van der Waals surface area contributed by atoms with Crippen molar-refractivity contribution < 1.29 is 13.9 Å². The third kappa shape index (κ3) is 4.65. The highest BCUT2D eigenvalue weighted by Gasteiger charge is 2.08. The van der Waals surface area contributed by atoms with Crippen LogP contribution in [0.1, 0.15) is 31.2 Å². The smallest absolute Gasteiger partial charge is 0.216 e. The van der Waals surface area contributed by atoms with Crippen LogP contribution in [0.3, 0.4) is 0 Å². The average Bonchev–Trinajstić information content (AvgIpc) is 2.87. The fourth-order valence-electron chi connectivity index (χ4n) is 2.08. The number of benzene rings is 1. The first-order chi connectivity index (χ1) is 11.5. The van der Waals surface area contributed by atoms with Crippen LogP contribution < -0.4 is 20.5 Å². The number of anilines is 1. The van der Waals surface area contributed by atoms with E-state index in [0.717, 1.165) is 17.2 Å². The number of hydrogen-bond acceptors (Lipinski definition) is 5. The summed E-state index contributed by atoms with van der Waals surface area (Å²) in [6.07, 6.45) is 0. The molecule has 24 heavy (non-hydrogen) atoms. The lowest BCUT2D eigenvalue weighted by Gasteiger charge is -2.13. The summed E-state index contributed by atoms with van der Waals surface area (Å²) in [6, 6.07) is 5.52. The van der Waals surface area contributed by atoms with Gasteiger partial charge >= 0.3 is 0 Å². The summed E-state index contributed by atoms with van der Waals surface area (Å²) >= 11 is 0. The molecule has 0 saturated carbocycles. The molecule has 1 aromatic heterocycles. The maximum Gasteiger partial charge on any atom is 0.216 e. The van der Waals surface area contributed by atoms with Gasteiger partial charge in [-0.1, -0.05) is 0 Å². The van der Waals surface area contributed by atoms with Crippen molar-refractivity contribution in [3.8, 4) is 11.5 Å². The fourth-order valence-corrected chi connectivity index (χ4v) is 2.08. The maximum absolute atomic E-state index is 5.96. The second-order valence-electron chi connectivity index (χ2n) is 5.10. The number of rotatable bonds is 7. The molecule has 0 aliphatic rings. The van der Waals surface area contributed by atoms with Crippen molar-refractivity contribution >= 4 is 11.6 Å². The Kier molecular flexibility index (Phi) is 6.06. The Morgan fingerprint density at radius 3 is 2.62 bits per heavy atom. The number of aromatic nitrogens is 1. The van der Waals surface area contributed by atoms with Gasteiger partial charge in [-0.05, 0) is 39.8 Å². The number of nitrogens with two attached hydrogens (primary N) is 1. The zero-order chi connectivity index (χ0) is 17.5. The third-order valence-electron chi connectivity index (χ3n) is 3.28. The first kappa shape index (κ1) is 17.7. The second kappa shape index (κ2) is 8.24. The normalized spacial score (nSPS) is 11.4. The molecule has 0 unspecified atom stereocenters. The minimum atomic E-state index is 0.248. The predicted molar refractivity (Wildman–Crippen MR) is 93.7 cm³/mol. The molecule has 130 valence electrons. The van der Waals surface area contributed by atoms with Crippen LogP contribution in [-0.4, -0.2) is 24.2 Å². The van der Waals surface area contributed by atoms with Gasteiger partial charge in [-0.15, -0.1) is 0 Å². The van der Waals surface area contributed by atoms with Crippen LogP contribution in [0.15, 0.2) is 27.6 Å². The number of nitrogens with zero attached hydrogens (tertiary/aromatic N) is 2. The number of aliphatic imine (C=N–C) groups is 1. The standard InChI is InChI=1S/C17H24N4O3/c1-5-22-13-7-8-15(23-6-2)14(9-13)21-17(18)19-10-16-20-11(3)12(4)24-16/h7-9H,5-6,10H2,1-4H3,(H3,18,19,21). The first-order valence-electron chi connectivity index (χ1n) is 7.93. The van der Waals surface area contributed by atoms with Gasteiger partial charge in [0.25, 0.3) is 0 Å². The monoisotopic (exact) mass is 332 g/mol. The topological polar surface area (TPSA) is 94.9 Å². The summed E-state index contributed by atoms with van der Waals surface area (Å²) in [4.78, 5) is 8.52. The Bertz CT molecular complexity index is 690. The van der Waals surface area contributed by atoms with Gasteiger partial charge in [-0.2, -0.15) is 0 Å². The van der Waals surface area contributed by atoms with E-state index in [0.29, 0.717) is 30.5 Å². The minimum absolute atomic E-state index is 0.248. The second-order valence-corrected chi connectivity index (χ2v) is 5.10. The highest BCUT2D eigenvalue weighted by atomic mass is 16.5. The lowest BCUT2D eigenvalue weighted by molar-refractivity contribution is 0.332. The predicted octanol–water partition coefficient (Wildman–Crippen LogP) is 3.02. The van der Waals surface area contributed by atoms with Gasteiger partial charge < -0.3 is 24.9 Å². The van der Waals surface area contributed by atoms with Gasteiger partial charge in [0, 0.05) is 6.07 Å². The van der Waals surface area contributed by atoms with Gasteiger partial charge in [-0.3, -0.25) is 0 Å². The van der Waals surface area contributed by atoms with Crippen LogP contribution in [0, 0.1) is 13.8 Å². The zero-order valence-corrected chi connectivity index (χ0v) is 14.5. The summed E-state index contributed by atoms with van der Waals surface area (Å²) in [5, 5.41) is 3.04. The number of hydrogen-bond donors (Lipinski definition) is 2. The number of guanidine groups is 1. The summed E-state index contributed by atoms with van der Waals surface area (Å²) in [7, 11) is 0. The Balaban J connectivity index is 2.11. The molecule has 0 fully saturated rings. The van der Waals surface area contributed by atoms with Gasteiger partial charge in [0.15, 0.2) is 5.96 Å². The molecular formula is C17H24N4O3. The fraction of sp³-hybridized carbons (Fsp3) is 0.412. The number of nitrogens with one attached hydrogen (secondary N) is 1. The largest absolute Gasteiger partial charge is 0.494 e. The number of aryl methyl sites for hydroxylation is 2. The van der Waals surface area contributed by atoms with E-state index in [4.69, 9.17) is 19.6 Å². The Morgan fingerprint density at radius 2 is 2.00 bits per heavy atom. The maximum atomic E-state index is 5.96. The van der Waals surface area contributed by atoms with Crippen LogP contribution in [0.25, 0.3) is 0 Å². The molecular weight excluding hydrogens is 308 g/mol. The molecule has 0 atom stereocenters. The van der Waals surface area contributed by atoms with Crippen LogP contribution in [0.4, 0.5) is 5.69 Å². The molecule has 0 amide bonds. The molecule has 0 aliphatic carbocycles. The summed E-state index contributed by atoms with van der Waals surface area (Å²) < 4.78 is 16.6. The zero-order valence-electron chi connectivity index (χ0n) is 14.5. The van der Waals surface area contributed by atoms with Gasteiger partial charge in [0.1, 0.15) is 23.8 Å². The van der Waals surface area contributed by atoms with Crippen LogP contribution in [0.5, 0.6) is 11.5 Å². The Hall–Kier alpha value is -2.70. The highest BCUT2D eigenvalue weighted by molar-refractivity contribution is 5.93. The van der Waals surface area contributed by atoms with Crippen molar-refractivity contribution in [2.75, 3.05) is 18.5 Å². The van der Waals surface area contributed by atoms with Crippen LogP contribution in [-0.2, 0) is 6.54 Å². The van der Waals surface area contributed by atoms with E-state index >= 15 is 0 Å². The van der Waals surface area contributed by atoms with Crippen molar-refractivity contribution in [2.45, 2.75) is 34.2 Å². The molecule has 0 saturated heterocycles. The van der Waals surface area contributed by atoms with Gasteiger partial charge in [0.2, 0.25) is 5.89 Å². The molecule has 0 aliphatic heterocycles. The van der Waals surface area contributed by atoms with E-state index in [2.05, 4.69) is 15.3 Å². The number of oxazole rings is 1. The quantitative estimate of drug-likeness (QED) is 0.598. The first-order valence-corrected chi connectivity index (χ1v) is 7.93. The van der Waals surface area contributed by atoms with Crippen molar-refractivity contribution in [2.24, 2.45) is 10.7 Å². The summed E-state index contributed by atoms with van der Waals surface area (Å²) in [6.45, 7) is 9.01. The van der Waals surface area contributed by atoms with Crippen molar-refractivity contribution in [3.63, 3.8) is 0 Å². The molecule has 0 spiro atoms. The van der Waals surface area contributed by atoms with Crippen molar-refractivity contribution in [1.29, 1.82) is 0 Å². The van der Waals surface area contributed by atoms with Crippen molar-refractivity contribution in [1.82, 2.24) is 4.98 Å². The molecule has 0 bridgehead atoms. The van der Waals surface area contributed by atoms with E-state index in [9.17, 15) is 0 Å².